The molecular weight excluding hydrogens is 348 g/mol. The molecule has 140 valence electrons. The Morgan fingerprint density at radius 1 is 1.15 bits per heavy atom. The number of nitrogens with zero attached hydrogens (tertiary/aromatic N) is 2. The van der Waals surface area contributed by atoms with Gasteiger partial charge < -0.3 is 5.32 Å². The molecule has 2 aliphatic carbocycles. The molecule has 0 bridgehead atoms. The quantitative estimate of drug-likeness (QED) is 0.861. The Morgan fingerprint density at radius 3 is 2.77 bits per heavy atom. The average molecular weight is 375 g/mol. The zero-order valence-electron chi connectivity index (χ0n) is 14.8. The van der Waals surface area contributed by atoms with Gasteiger partial charge in [-0.2, -0.15) is 5.10 Å². The van der Waals surface area contributed by atoms with Gasteiger partial charge in [-0.25, -0.2) is 13.6 Å². The van der Waals surface area contributed by atoms with E-state index in [1.165, 1.54) is 18.4 Å². The van der Waals surface area contributed by atoms with Crippen molar-refractivity contribution in [3.05, 3.63) is 47.8 Å². The Labute approximate surface area is 154 Å². The van der Waals surface area contributed by atoms with Crippen molar-refractivity contribution in [2.45, 2.75) is 68.0 Å². The number of aryl methyl sites for hydroxylation is 1. The lowest BCUT2D eigenvalue weighted by Crippen LogP contribution is -2.42. The molecule has 1 saturated carbocycles. The number of benzene rings is 1. The maximum atomic E-state index is 11.8. The molecule has 0 spiro atoms. The van der Waals surface area contributed by atoms with Crippen LogP contribution < -0.4 is 10.5 Å². The van der Waals surface area contributed by atoms with Gasteiger partial charge >= 0.3 is 0 Å². The lowest BCUT2D eigenvalue weighted by atomic mass is 9.84. The predicted molar refractivity (Wildman–Crippen MR) is 100 cm³/mol. The number of nitrogens with one attached hydrogen (secondary N) is 1. The summed E-state index contributed by atoms with van der Waals surface area (Å²) in [5.74, 6) is 0. The van der Waals surface area contributed by atoms with Crippen molar-refractivity contribution in [2.75, 3.05) is 0 Å². The van der Waals surface area contributed by atoms with Gasteiger partial charge in [-0.15, -0.1) is 0 Å². The van der Waals surface area contributed by atoms with Crippen molar-refractivity contribution in [1.82, 2.24) is 15.1 Å². The minimum absolute atomic E-state index is 0.168. The highest BCUT2D eigenvalue weighted by molar-refractivity contribution is 7.89. The third kappa shape index (κ3) is 3.56. The van der Waals surface area contributed by atoms with Crippen molar-refractivity contribution >= 4 is 10.0 Å². The van der Waals surface area contributed by atoms with Gasteiger partial charge in [0.15, 0.2) is 0 Å². The normalized spacial score (nSPS) is 26.4. The van der Waals surface area contributed by atoms with Crippen LogP contribution >= 0.6 is 0 Å². The van der Waals surface area contributed by atoms with Crippen LogP contribution in [0.15, 0.2) is 41.6 Å². The smallest absolute Gasteiger partial charge is 0.238 e. The molecule has 0 aliphatic heterocycles. The summed E-state index contributed by atoms with van der Waals surface area (Å²) in [6.45, 7) is 0. The number of primary sulfonamides is 1. The fourth-order valence-electron chi connectivity index (χ4n) is 4.48. The molecule has 3 atom stereocenters. The van der Waals surface area contributed by atoms with E-state index in [2.05, 4.69) is 15.1 Å². The minimum atomic E-state index is -3.68. The molecule has 1 aromatic carbocycles. The number of fused-ring (bicyclic) bond motifs is 1. The Bertz CT molecular complexity index is 864. The maximum absolute atomic E-state index is 11.8. The van der Waals surface area contributed by atoms with Gasteiger partial charge in [-0.3, -0.25) is 4.68 Å². The first-order chi connectivity index (χ1) is 12.5. The Morgan fingerprint density at radius 2 is 2.00 bits per heavy atom. The molecular formula is C19H26N4O2S. The summed E-state index contributed by atoms with van der Waals surface area (Å²) >= 11 is 0. The average Bonchev–Trinajstić information content (AvgIpc) is 3.16. The van der Waals surface area contributed by atoms with Crippen LogP contribution in [0.1, 0.15) is 61.7 Å². The molecule has 7 heteroatoms. The summed E-state index contributed by atoms with van der Waals surface area (Å²) < 4.78 is 25.6. The number of hydrogen-bond donors (Lipinski definition) is 2. The predicted octanol–water partition coefficient (Wildman–Crippen LogP) is 2.68. The standard InChI is InChI=1S/C19H26N4O2S/c20-26(24,25)15-10-9-14-5-3-7-17(16(14)13-15)22-18-6-1-2-8-19(18)23-12-4-11-21-23/h4,9-13,17-19,22H,1-3,5-8H2,(H2,20,24,25). The second kappa shape index (κ2) is 7.13. The van der Waals surface area contributed by atoms with E-state index < -0.39 is 10.0 Å². The van der Waals surface area contributed by atoms with E-state index in [-0.39, 0.29) is 10.9 Å². The molecule has 6 nitrogen and oxygen atoms in total. The van der Waals surface area contributed by atoms with Gasteiger partial charge in [0.1, 0.15) is 0 Å². The number of hydrogen-bond acceptors (Lipinski definition) is 4. The summed E-state index contributed by atoms with van der Waals surface area (Å²) in [6, 6.07) is 8.16. The van der Waals surface area contributed by atoms with E-state index in [4.69, 9.17) is 5.14 Å². The fraction of sp³-hybridized carbons (Fsp3) is 0.526. The molecule has 2 aliphatic rings. The number of nitrogens with two attached hydrogens (primary N) is 1. The zero-order valence-corrected chi connectivity index (χ0v) is 15.7. The highest BCUT2D eigenvalue weighted by Gasteiger charge is 2.31. The fourth-order valence-corrected chi connectivity index (χ4v) is 5.03. The van der Waals surface area contributed by atoms with Crippen molar-refractivity contribution in [2.24, 2.45) is 5.14 Å². The Hall–Kier alpha value is -1.70. The highest BCUT2D eigenvalue weighted by Crippen LogP contribution is 2.35. The molecule has 2 aromatic rings. The molecule has 0 saturated heterocycles. The van der Waals surface area contributed by atoms with Gasteiger partial charge in [-0.05, 0) is 61.4 Å². The molecule has 26 heavy (non-hydrogen) atoms. The van der Waals surface area contributed by atoms with E-state index in [1.807, 2.05) is 24.5 Å². The van der Waals surface area contributed by atoms with Gasteiger partial charge in [0.25, 0.3) is 0 Å². The molecule has 4 rings (SSSR count). The van der Waals surface area contributed by atoms with Crippen molar-refractivity contribution in [1.29, 1.82) is 0 Å². The van der Waals surface area contributed by atoms with E-state index in [0.29, 0.717) is 12.1 Å². The molecule has 3 N–H and O–H groups in total. The Kier molecular flexibility index (Phi) is 4.86. The van der Waals surface area contributed by atoms with Crippen LogP contribution in [0.3, 0.4) is 0 Å². The highest BCUT2D eigenvalue weighted by atomic mass is 32.2. The number of rotatable bonds is 4. The zero-order chi connectivity index (χ0) is 18.1. The van der Waals surface area contributed by atoms with Crippen LogP contribution in [0.25, 0.3) is 0 Å². The van der Waals surface area contributed by atoms with Gasteiger partial charge in [-0.1, -0.05) is 18.9 Å². The van der Waals surface area contributed by atoms with Gasteiger partial charge in [0, 0.05) is 24.5 Å². The molecule has 1 heterocycles. The van der Waals surface area contributed by atoms with E-state index in [0.717, 1.165) is 37.7 Å². The minimum Gasteiger partial charge on any atom is -0.305 e. The first-order valence-electron chi connectivity index (χ1n) is 9.43. The number of sulfonamides is 1. The molecule has 1 aromatic heterocycles. The maximum Gasteiger partial charge on any atom is 0.238 e. The molecule has 0 amide bonds. The summed E-state index contributed by atoms with van der Waals surface area (Å²) in [5, 5.41) is 13.6. The van der Waals surface area contributed by atoms with E-state index in [1.54, 1.807) is 12.1 Å². The van der Waals surface area contributed by atoms with Crippen LogP contribution in [-0.2, 0) is 16.4 Å². The second-order valence-electron chi connectivity index (χ2n) is 7.46. The van der Waals surface area contributed by atoms with Crippen molar-refractivity contribution < 1.29 is 8.42 Å². The summed E-state index contributed by atoms with van der Waals surface area (Å²) in [7, 11) is -3.68. The van der Waals surface area contributed by atoms with Crippen LogP contribution in [0.2, 0.25) is 0 Å². The van der Waals surface area contributed by atoms with E-state index in [9.17, 15) is 8.42 Å². The first-order valence-corrected chi connectivity index (χ1v) is 11.0. The third-order valence-corrected chi connectivity index (χ3v) is 6.68. The summed E-state index contributed by atoms with van der Waals surface area (Å²) in [4.78, 5) is 0.206. The largest absolute Gasteiger partial charge is 0.305 e. The Balaban J connectivity index is 1.61. The number of aromatic nitrogens is 2. The van der Waals surface area contributed by atoms with Gasteiger partial charge in [0.05, 0.1) is 10.9 Å². The van der Waals surface area contributed by atoms with Crippen LogP contribution in [0.4, 0.5) is 0 Å². The molecule has 3 unspecified atom stereocenters. The summed E-state index contributed by atoms with van der Waals surface area (Å²) in [6.07, 6.45) is 11.7. The second-order valence-corrected chi connectivity index (χ2v) is 9.02. The lowest BCUT2D eigenvalue weighted by Gasteiger charge is -2.37. The van der Waals surface area contributed by atoms with Crippen LogP contribution in [0, 0.1) is 0 Å². The van der Waals surface area contributed by atoms with Crippen LogP contribution in [0.5, 0.6) is 0 Å². The molecule has 1 fully saturated rings. The summed E-state index contributed by atoms with van der Waals surface area (Å²) in [5.41, 5.74) is 2.32. The monoisotopic (exact) mass is 374 g/mol. The SMILES string of the molecule is NS(=O)(=O)c1ccc2c(c1)C(NC1CCCCC1n1cccn1)CCC2. The molecule has 0 radical (unpaired) electrons. The topological polar surface area (TPSA) is 90.0 Å². The van der Waals surface area contributed by atoms with Gasteiger partial charge in [0.2, 0.25) is 10.0 Å². The lowest BCUT2D eigenvalue weighted by molar-refractivity contribution is 0.223. The third-order valence-electron chi connectivity index (χ3n) is 5.77. The van der Waals surface area contributed by atoms with Crippen molar-refractivity contribution in [3.8, 4) is 0 Å². The first kappa shape index (κ1) is 17.7. The van der Waals surface area contributed by atoms with Crippen molar-refractivity contribution in [3.63, 3.8) is 0 Å². The van der Waals surface area contributed by atoms with E-state index >= 15 is 0 Å². The van der Waals surface area contributed by atoms with Crippen LogP contribution in [-0.4, -0.2) is 24.2 Å².